The largest absolute Gasteiger partial charge is 0.370 e. The number of hydrogen-bond acceptors (Lipinski definition) is 4. The molecule has 2 rings (SSSR count). The summed E-state index contributed by atoms with van der Waals surface area (Å²) in [6.07, 6.45) is 2.76. The fraction of sp³-hybridized carbons (Fsp3) is 0.500. The molecule has 2 heterocycles. The maximum Gasteiger partial charge on any atom is 0.159 e. The van der Waals surface area contributed by atoms with Crippen LogP contribution in [-0.4, -0.2) is 26.3 Å². The van der Waals surface area contributed by atoms with E-state index in [4.69, 9.17) is 0 Å². The molecule has 5 heteroatoms. The summed E-state index contributed by atoms with van der Waals surface area (Å²) >= 11 is 0. The molecule has 2 aromatic heterocycles. The lowest BCUT2D eigenvalue weighted by Gasteiger charge is -2.08. The van der Waals surface area contributed by atoms with Crippen LogP contribution in [0.2, 0.25) is 0 Å². The van der Waals surface area contributed by atoms with E-state index in [0.717, 1.165) is 36.1 Å². The van der Waals surface area contributed by atoms with Crippen LogP contribution in [0.3, 0.4) is 0 Å². The summed E-state index contributed by atoms with van der Waals surface area (Å²) in [6.45, 7) is 9.22. The molecule has 0 saturated heterocycles. The Labute approximate surface area is 114 Å². The van der Waals surface area contributed by atoms with Crippen LogP contribution in [-0.2, 0) is 6.42 Å². The maximum atomic E-state index is 4.56. The molecule has 19 heavy (non-hydrogen) atoms. The van der Waals surface area contributed by atoms with Gasteiger partial charge in [-0.1, -0.05) is 20.8 Å². The number of aromatic nitrogens is 4. The van der Waals surface area contributed by atoms with Gasteiger partial charge in [0.25, 0.3) is 0 Å². The Hall–Kier alpha value is -1.91. The fourth-order valence-corrected chi connectivity index (χ4v) is 1.80. The van der Waals surface area contributed by atoms with Crippen molar-refractivity contribution < 1.29 is 0 Å². The third-order valence-corrected chi connectivity index (χ3v) is 2.87. The monoisotopic (exact) mass is 259 g/mol. The first-order valence-corrected chi connectivity index (χ1v) is 6.81. The summed E-state index contributed by atoms with van der Waals surface area (Å²) in [4.78, 5) is 8.97. The van der Waals surface area contributed by atoms with E-state index in [0.29, 0.717) is 5.92 Å². The van der Waals surface area contributed by atoms with E-state index in [1.54, 1.807) is 0 Å². The van der Waals surface area contributed by atoms with Crippen LogP contribution in [0.15, 0.2) is 18.3 Å². The van der Waals surface area contributed by atoms with Gasteiger partial charge in [-0.05, 0) is 18.9 Å². The number of rotatable bonds is 5. The highest BCUT2D eigenvalue weighted by Gasteiger charge is 2.08. The Morgan fingerprint density at radius 2 is 2.05 bits per heavy atom. The molecular weight excluding hydrogens is 238 g/mol. The lowest BCUT2D eigenvalue weighted by Crippen LogP contribution is -2.08. The topological polar surface area (TPSA) is 55.6 Å². The minimum absolute atomic E-state index is 0.418. The second-order valence-electron chi connectivity index (χ2n) is 4.75. The zero-order valence-corrected chi connectivity index (χ0v) is 12.0. The van der Waals surface area contributed by atoms with Crippen LogP contribution in [0, 0.1) is 0 Å². The highest BCUT2D eigenvalue weighted by molar-refractivity contribution is 5.41. The van der Waals surface area contributed by atoms with Crippen molar-refractivity contribution in [2.45, 2.75) is 40.0 Å². The van der Waals surface area contributed by atoms with Gasteiger partial charge < -0.3 is 5.32 Å². The number of hydrogen-bond donors (Lipinski definition) is 1. The van der Waals surface area contributed by atoms with Crippen molar-refractivity contribution in [2.24, 2.45) is 0 Å². The molecule has 0 spiro atoms. The third kappa shape index (κ3) is 3.10. The van der Waals surface area contributed by atoms with Gasteiger partial charge >= 0.3 is 0 Å². The minimum Gasteiger partial charge on any atom is -0.370 e. The molecule has 0 amide bonds. The van der Waals surface area contributed by atoms with Crippen molar-refractivity contribution in [1.82, 2.24) is 19.7 Å². The van der Waals surface area contributed by atoms with Gasteiger partial charge in [0.05, 0.1) is 5.69 Å². The van der Waals surface area contributed by atoms with Crippen LogP contribution >= 0.6 is 0 Å². The van der Waals surface area contributed by atoms with Crippen LogP contribution in [0.5, 0.6) is 0 Å². The molecular formula is C14H21N5. The standard InChI is InChI=1S/C14H21N5/c1-5-12-16-13(15-6-2)9-14(17-12)19-8-7-11(18-19)10(3)4/h7-10H,5-6H2,1-4H3,(H,15,16,17). The number of nitrogens with one attached hydrogen (secondary N) is 1. The Morgan fingerprint density at radius 1 is 1.26 bits per heavy atom. The molecule has 102 valence electrons. The van der Waals surface area contributed by atoms with Gasteiger partial charge in [-0.25, -0.2) is 14.6 Å². The Morgan fingerprint density at radius 3 is 2.63 bits per heavy atom. The van der Waals surface area contributed by atoms with E-state index < -0.39 is 0 Å². The van der Waals surface area contributed by atoms with Crippen LogP contribution < -0.4 is 5.32 Å². The summed E-state index contributed by atoms with van der Waals surface area (Å²) < 4.78 is 1.82. The van der Waals surface area contributed by atoms with Gasteiger partial charge in [-0.2, -0.15) is 5.10 Å². The van der Waals surface area contributed by atoms with E-state index in [-0.39, 0.29) is 0 Å². The average Bonchev–Trinajstić information content (AvgIpc) is 2.88. The second kappa shape index (κ2) is 5.82. The molecule has 0 radical (unpaired) electrons. The molecule has 0 saturated carbocycles. The highest BCUT2D eigenvalue weighted by atomic mass is 15.3. The van der Waals surface area contributed by atoms with Crippen molar-refractivity contribution in [2.75, 3.05) is 11.9 Å². The lowest BCUT2D eigenvalue weighted by atomic mass is 10.1. The highest BCUT2D eigenvalue weighted by Crippen LogP contribution is 2.15. The van der Waals surface area contributed by atoms with Crippen molar-refractivity contribution >= 4 is 5.82 Å². The summed E-state index contributed by atoms with van der Waals surface area (Å²) in [5.74, 6) is 2.91. The number of aryl methyl sites for hydroxylation is 1. The Bertz CT molecular complexity index is 545. The molecule has 0 aliphatic carbocycles. The van der Waals surface area contributed by atoms with E-state index in [1.807, 2.05) is 23.0 Å². The first kappa shape index (κ1) is 13.5. The van der Waals surface area contributed by atoms with Crippen LogP contribution in [0.4, 0.5) is 5.82 Å². The zero-order chi connectivity index (χ0) is 13.8. The van der Waals surface area contributed by atoms with E-state index in [1.165, 1.54) is 0 Å². The number of anilines is 1. The third-order valence-electron chi connectivity index (χ3n) is 2.87. The summed E-state index contributed by atoms with van der Waals surface area (Å²) in [6, 6.07) is 3.96. The Kier molecular flexibility index (Phi) is 4.14. The molecule has 0 unspecified atom stereocenters. The molecule has 5 nitrogen and oxygen atoms in total. The molecule has 0 atom stereocenters. The SMILES string of the molecule is CCNc1cc(-n2ccc(C(C)C)n2)nc(CC)n1. The van der Waals surface area contributed by atoms with Crippen molar-refractivity contribution in [3.05, 3.63) is 29.8 Å². The fourth-order valence-electron chi connectivity index (χ4n) is 1.80. The predicted molar refractivity (Wildman–Crippen MR) is 76.8 cm³/mol. The zero-order valence-electron chi connectivity index (χ0n) is 12.0. The molecule has 1 N–H and O–H groups in total. The first-order valence-electron chi connectivity index (χ1n) is 6.81. The summed E-state index contributed by atoms with van der Waals surface area (Å²) in [7, 11) is 0. The predicted octanol–water partition coefficient (Wildman–Crippen LogP) is 2.78. The van der Waals surface area contributed by atoms with E-state index >= 15 is 0 Å². The number of nitrogens with zero attached hydrogens (tertiary/aromatic N) is 4. The first-order chi connectivity index (χ1) is 9.13. The quantitative estimate of drug-likeness (QED) is 0.897. The van der Waals surface area contributed by atoms with Crippen LogP contribution in [0.1, 0.15) is 45.1 Å². The lowest BCUT2D eigenvalue weighted by molar-refractivity contribution is 0.749. The van der Waals surface area contributed by atoms with E-state index in [2.05, 4.69) is 48.1 Å². The van der Waals surface area contributed by atoms with Gasteiger partial charge in [0.15, 0.2) is 5.82 Å². The Balaban J connectivity index is 2.38. The molecule has 0 aliphatic rings. The van der Waals surface area contributed by atoms with Gasteiger partial charge in [-0.3, -0.25) is 0 Å². The second-order valence-corrected chi connectivity index (χ2v) is 4.75. The smallest absolute Gasteiger partial charge is 0.159 e. The average molecular weight is 259 g/mol. The van der Waals surface area contributed by atoms with Crippen molar-refractivity contribution in [1.29, 1.82) is 0 Å². The molecule has 0 fully saturated rings. The maximum absolute atomic E-state index is 4.56. The van der Waals surface area contributed by atoms with Crippen molar-refractivity contribution in [3.8, 4) is 5.82 Å². The van der Waals surface area contributed by atoms with Crippen LogP contribution in [0.25, 0.3) is 5.82 Å². The molecule has 2 aromatic rings. The molecule has 0 aromatic carbocycles. The van der Waals surface area contributed by atoms with Crippen molar-refractivity contribution in [3.63, 3.8) is 0 Å². The van der Waals surface area contributed by atoms with E-state index in [9.17, 15) is 0 Å². The normalized spacial score (nSPS) is 11.0. The molecule has 0 bridgehead atoms. The molecule has 0 aliphatic heterocycles. The van der Waals surface area contributed by atoms with Gasteiger partial charge in [0.1, 0.15) is 11.6 Å². The minimum atomic E-state index is 0.418. The van der Waals surface area contributed by atoms with Gasteiger partial charge in [0.2, 0.25) is 0 Å². The summed E-state index contributed by atoms with van der Waals surface area (Å²) in [5, 5.41) is 7.78. The van der Waals surface area contributed by atoms with Gasteiger partial charge in [0, 0.05) is 25.2 Å². The summed E-state index contributed by atoms with van der Waals surface area (Å²) in [5.41, 5.74) is 1.07. The van der Waals surface area contributed by atoms with Gasteiger partial charge in [-0.15, -0.1) is 0 Å².